The summed E-state index contributed by atoms with van der Waals surface area (Å²) >= 11 is 0. The van der Waals surface area contributed by atoms with Crippen LogP contribution in [-0.2, 0) is 6.42 Å². The van der Waals surface area contributed by atoms with Gasteiger partial charge < -0.3 is 5.32 Å². The molecule has 0 aliphatic rings. The predicted molar refractivity (Wildman–Crippen MR) is 90.5 cm³/mol. The largest absolute Gasteiger partial charge is 0.314 e. The molecular weight excluding hydrogens is 242 g/mol. The van der Waals surface area contributed by atoms with Crippen molar-refractivity contribution in [1.29, 1.82) is 0 Å². The Morgan fingerprint density at radius 2 is 1.65 bits per heavy atom. The van der Waals surface area contributed by atoms with Gasteiger partial charge in [-0.05, 0) is 75.6 Å². The molecule has 0 aromatic heterocycles. The molecule has 0 heterocycles. The van der Waals surface area contributed by atoms with Crippen molar-refractivity contribution < 1.29 is 0 Å². The van der Waals surface area contributed by atoms with Gasteiger partial charge in [-0.25, -0.2) is 0 Å². The molecule has 1 aromatic rings. The molecule has 114 valence electrons. The Morgan fingerprint density at radius 1 is 1.10 bits per heavy atom. The molecular formula is C19H33N. The summed E-state index contributed by atoms with van der Waals surface area (Å²) in [6.07, 6.45) is 3.60. The van der Waals surface area contributed by atoms with Crippen LogP contribution >= 0.6 is 0 Å². The SMILES string of the molecule is CCCNC(C)CC(C)(C)Cc1c(C)cc(C)cc1C. The minimum absolute atomic E-state index is 0.338. The molecule has 1 unspecified atom stereocenters. The summed E-state index contributed by atoms with van der Waals surface area (Å²) in [4.78, 5) is 0. The summed E-state index contributed by atoms with van der Waals surface area (Å²) in [5.74, 6) is 0. The van der Waals surface area contributed by atoms with E-state index >= 15 is 0 Å². The molecule has 1 nitrogen and oxygen atoms in total. The Hall–Kier alpha value is -0.820. The third-order valence-corrected chi connectivity index (χ3v) is 4.10. The van der Waals surface area contributed by atoms with Gasteiger partial charge in [0.05, 0.1) is 0 Å². The van der Waals surface area contributed by atoms with Crippen LogP contribution in [0.15, 0.2) is 12.1 Å². The van der Waals surface area contributed by atoms with Gasteiger partial charge in [0.25, 0.3) is 0 Å². The van der Waals surface area contributed by atoms with Crippen LogP contribution in [0.1, 0.15) is 62.8 Å². The maximum Gasteiger partial charge on any atom is 0.00439 e. The van der Waals surface area contributed by atoms with Crippen LogP contribution in [0.3, 0.4) is 0 Å². The summed E-state index contributed by atoms with van der Waals surface area (Å²) in [7, 11) is 0. The van der Waals surface area contributed by atoms with Gasteiger partial charge in [0.1, 0.15) is 0 Å². The molecule has 0 saturated carbocycles. The van der Waals surface area contributed by atoms with Crippen molar-refractivity contribution in [3.05, 3.63) is 34.4 Å². The van der Waals surface area contributed by atoms with Crippen molar-refractivity contribution in [3.8, 4) is 0 Å². The summed E-state index contributed by atoms with van der Waals surface area (Å²) in [5.41, 5.74) is 6.16. The minimum Gasteiger partial charge on any atom is -0.314 e. The average molecular weight is 275 g/mol. The molecule has 1 rings (SSSR count). The normalized spacial score (nSPS) is 13.6. The van der Waals surface area contributed by atoms with E-state index in [2.05, 4.69) is 65.9 Å². The van der Waals surface area contributed by atoms with E-state index in [9.17, 15) is 0 Å². The highest BCUT2D eigenvalue weighted by atomic mass is 14.9. The third kappa shape index (κ3) is 5.28. The number of benzene rings is 1. The first-order valence-corrected chi connectivity index (χ1v) is 8.05. The van der Waals surface area contributed by atoms with Gasteiger partial charge in [-0.1, -0.05) is 38.5 Å². The predicted octanol–water partition coefficient (Wildman–Crippen LogP) is 4.96. The highest BCUT2D eigenvalue weighted by Crippen LogP contribution is 2.30. The maximum absolute atomic E-state index is 3.61. The van der Waals surface area contributed by atoms with E-state index in [0.717, 1.165) is 6.54 Å². The lowest BCUT2D eigenvalue weighted by molar-refractivity contribution is 0.286. The second-order valence-corrected chi connectivity index (χ2v) is 7.28. The minimum atomic E-state index is 0.338. The van der Waals surface area contributed by atoms with Gasteiger partial charge in [0, 0.05) is 6.04 Å². The number of hydrogen-bond donors (Lipinski definition) is 1. The van der Waals surface area contributed by atoms with Gasteiger partial charge in [-0.3, -0.25) is 0 Å². The van der Waals surface area contributed by atoms with Gasteiger partial charge in [-0.15, -0.1) is 0 Å². The standard InChI is InChI=1S/C19H33N/c1-8-9-20-17(5)12-19(6,7)13-18-15(3)10-14(2)11-16(18)4/h10-11,17,20H,8-9,12-13H2,1-7H3. The fourth-order valence-electron chi connectivity index (χ4n) is 3.33. The Bertz CT molecular complexity index is 408. The van der Waals surface area contributed by atoms with Crippen molar-refractivity contribution in [2.45, 2.75) is 73.8 Å². The van der Waals surface area contributed by atoms with E-state index in [0.29, 0.717) is 11.5 Å². The second kappa shape index (κ2) is 7.26. The van der Waals surface area contributed by atoms with E-state index in [1.54, 1.807) is 5.56 Å². The molecule has 0 aliphatic heterocycles. The lowest BCUT2D eigenvalue weighted by atomic mass is 9.78. The van der Waals surface area contributed by atoms with Crippen LogP contribution < -0.4 is 5.32 Å². The molecule has 0 saturated heterocycles. The van der Waals surface area contributed by atoms with Crippen LogP contribution in [0.2, 0.25) is 0 Å². The quantitative estimate of drug-likeness (QED) is 0.741. The molecule has 1 N–H and O–H groups in total. The van der Waals surface area contributed by atoms with E-state index < -0.39 is 0 Å². The van der Waals surface area contributed by atoms with E-state index in [1.165, 1.54) is 36.0 Å². The molecule has 0 amide bonds. The number of aryl methyl sites for hydroxylation is 3. The van der Waals surface area contributed by atoms with Crippen LogP contribution in [0.25, 0.3) is 0 Å². The first-order chi connectivity index (χ1) is 9.25. The first kappa shape index (κ1) is 17.2. The summed E-state index contributed by atoms with van der Waals surface area (Å²) in [6, 6.07) is 5.23. The van der Waals surface area contributed by atoms with Gasteiger partial charge in [-0.2, -0.15) is 0 Å². The number of hydrogen-bond acceptors (Lipinski definition) is 1. The highest BCUT2D eigenvalue weighted by molar-refractivity contribution is 5.38. The molecule has 1 heteroatoms. The average Bonchev–Trinajstić information content (AvgIpc) is 2.30. The van der Waals surface area contributed by atoms with E-state index in [-0.39, 0.29) is 0 Å². The molecule has 20 heavy (non-hydrogen) atoms. The molecule has 1 aromatic carbocycles. The molecule has 0 radical (unpaired) electrons. The third-order valence-electron chi connectivity index (χ3n) is 4.10. The number of rotatable bonds is 7. The first-order valence-electron chi connectivity index (χ1n) is 8.05. The van der Waals surface area contributed by atoms with Crippen LogP contribution in [0.4, 0.5) is 0 Å². The Morgan fingerprint density at radius 3 is 2.15 bits per heavy atom. The summed E-state index contributed by atoms with van der Waals surface area (Å²) in [6.45, 7) is 17.2. The molecule has 0 fully saturated rings. The number of nitrogens with one attached hydrogen (secondary N) is 1. The fraction of sp³-hybridized carbons (Fsp3) is 0.684. The Kier molecular flexibility index (Phi) is 6.26. The molecule has 0 spiro atoms. The summed E-state index contributed by atoms with van der Waals surface area (Å²) in [5, 5.41) is 3.61. The monoisotopic (exact) mass is 275 g/mol. The summed E-state index contributed by atoms with van der Waals surface area (Å²) < 4.78 is 0. The van der Waals surface area contributed by atoms with E-state index in [4.69, 9.17) is 0 Å². The molecule has 0 aliphatic carbocycles. The highest BCUT2D eigenvalue weighted by Gasteiger charge is 2.23. The maximum atomic E-state index is 3.61. The molecule has 0 bridgehead atoms. The van der Waals surface area contributed by atoms with Crippen LogP contribution in [0.5, 0.6) is 0 Å². The molecule has 1 atom stereocenters. The van der Waals surface area contributed by atoms with Crippen molar-refractivity contribution in [2.24, 2.45) is 5.41 Å². The van der Waals surface area contributed by atoms with Gasteiger partial charge in [0.2, 0.25) is 0 Å². The van der Waals surface area contributed by atoms with Crippen molar-refractivity contribution >= 4 is 0 Å². The zero-order chi connectivity index (χ0) is 15.3. The van der Waals surface area contributed by atoms with E-state index in [1.807, 2.05) is 0 Å². The van der Waals surface area contributed by atoms with Gasteiger partial charge >= 0.3 is 0 Å². The smallest absolute Gasteiger partial charge is 0.00439 e. The topological polar surface area (TPSA) is 12.0 Å². The van der Waals surface area contributed by atoms with Crippen LogP contribution in [-0.4, -0.2) is 12.6 Å². The van der Waals surface area contributed by atoms with Crippen LogP contribution in [0, 0.1) is 26.2 Å². The zero-order valence-electron chi connectivity index (χ0n) is 14.6. The lowest BCUT2D eigenvalue weighted by Gasteiger charge is -2.30. The van der Waals surface area contributed by atoms with Gasteiger partial charge in [0.15, 0.2) is 0 Å². The Balaban J connectivity index is 2.75. The lowest BCUT2D eigenvalue weighted by Crippen LogP contribution is -2.33. The van der Waals surface area contributed by atoms with Crippen molar-refractivity contribution in [1.82, 2.24) is 5.32 Å². The second-order valence-electron chi connectivity index (χ2n) is 7.28. The fourth-order valence-corrected chi connectivity index (χ4v) is 3.33. The zero-order valence-corrected chi connectivity index (χ0v) is 14.6. The van der Waals surface area contributed by atoms with Crippen molar-refractivity contribution in [3.63, 3.8) is 0 Å². The van der Waals surface area contributed by atoms with Crippen molar-refractivity contribution in [2.75, 3.05) is 6.54 Å². The Labute approximate surface area is 126 Å².